The summed E-state index contributed by atoms with van der Waals surface area (Å²) in [6, 6.07) is 23.1. The van der Waals surface area contributed by atoms with Crippen molar-refractivity contribution in [2.75, 3.05) is 10.2 Å². The number of fused-ring (bicyclic) bond motifs is 6. The summed E-state index contributed by atoms with van der Waals surface area (Å²) in [7, 11) is 0. The van der Waals surface area contributed by atoms with Crippen LogP contribution in [0.3, 0.4) is 0 Å². The number of non-ortho nitro benzene ring substituents is 1. The zero-order chi connectivity index (χ0) is 29.2. The topological polar surface area (TPSA) is 110 Å². The first-order valence-electron chi connectivity index (χ1n) is 13.4. The number of nitrogens with zero attached hydrogens (tertiary/aromatic N) is 2. The van der Waals surface area contributed by atoms with Crippen molar-refractivity contribution in [2.45, 2.75) is 17.5 Å². The summed E-state index contributed by atoms with van der Waals surface area (Å²) in [5.74, 6) is -3.76. The predicted molar refractivity (Wildman–Crippen MR) is 154 cm³/mol. The van der Waals surface area contributed by atoms with E-state index in [1.165, 1.54) is 48.5 Å². The third kappa shape index (κ3) is 3.43. The Morgan fingerprint density at radius 3 is 2.33 bits per heavy atom. The van der Waals surface area contributed by atoms with Gasteiger partial charge < -0.3 is 10.2 Å². The molecule has 4 aromatic carbocycles. The van der Waals surface area contributed by atoms with Crippen LogP contribution in [-0.2, 0) is 10.2 Å². The van der Waals surface area contributed by atoms with Crippen LogP contribution >= 0.6 is 0 Å². The molecule has 4 atom stereocenters. The molecule has 1 spiro atoms. The van der Waals surface area contributed by atoms with Gasteiger partial charge in [0, 0.05) is 29.1 Å². The normalized spacial score (nSPS) is 23.2. The van der Waals surface area contributed by atoms with Crippen LogP contribution in [-0.4, -0.2) is 34.5 Å². The monoisotopic (exact) mass is 559 g/mol. The molecule has 4 aromatic rings. The number of carbonyl (C=O) groups is 3. The van der Waals surface area contributed by atoms with Crippen molar-refractivity contribution in [3.8, 4) is 0 Å². The molecule has 1 saturated heterocycles. The van der Waals surface area contributed by atoms with E-state index < -0.39 is 51.6 Å². The molecule has 0 saturated carbocycles. The first-order chi connectivity index (χ1) is 20.3. The lowest BCUT2D eigenvalue weighted by Gasteiger charge is -2.37. The lowest BCUT2D eigenvalue weighted by Crippen LogP contribution is -2.51. The second-order valence-electron chi connectivity index (χ2n) is 10.6. The molecule has 3 heterocycles. The summed E-state index contributed by atoms with van der Waals surface area (Å²) in [5.41, 5.74) is 0.626. The zero-order valence-electron chi connectivity index (χ0n) is 21.9. The van der Waals surface area contributed by atoms with E-state index in [0.29, 0.717) is 16.9 Å². The molecule has 3 aliphatic rings. The molecule has 0 aromatic heterocycles. The molecule has 0 unspecified atom stereocenters. The summed E-state index contributed by atoms with van der Waals surface area (Å²) in [6.45, 7) is 0. The first kappa shape index (κ1) is 25.5. The Kier molecular flexibility index (Phi) is 5.65. The third-order valence-corrected chi connectivity index (χ3v) is 8.59. The number of hydrogen-bond donors (Lipinski definition) is 1. The Bertz CT molecular complexity index is 1850. The third-order valence-electron chi connectivity index (χ3n) is 8.59. The van der Waals surface area contributed by atoms with Crippen molar-refractivity contribution in [3.63, 3.8) is 0 Å². The maximum atomic E-state index is 15.2. The van der Waals surface area contributed by atoms with E-state index in [1.54, 1.807) is 29.2 Å². The van der Waals surface area contributed by atoms with Gasteiger partial charge in [0.15, 0.2) is 11.6 Å². The van der Waals surface area contributed by atoms with Gasteiger partial charge in [0.2, 0.25) is 5.91 Å². The van der Waals surface area contributed by atoms with Crippen molar-refractivity contribution in [1.29, 1.82) is 0 Å². The van der Waals surface area contributed by atoms with Crippen molar-refractivity contribution < 1.29 is 23.7 Å². The molecule has 42 heavy (non-hydrogen) atoms. The Hall–Kier alpha value is -5.44. The lowest BCUT2D eigenvalue weighted by molar-refractivity contribution is -0.384. The largest absolute Gasteiger partial charge is 0.352 e. The number of ketones is 2. The van der Waals surface area contributed by atoms with E-state index >= 15 is 4.39 Å². The van der Waals surface area contributed by atoms with Crippen molar-refractivity contribution in [2.24, 2.45) is 5.92 Å². The van der Waals surface area contributed by atoms with Gasteiger partial charge in [-0.1, -0.05) is 60.7 Å². The Morgan fingerprint density at radius 2 is 1.57 bits per heavy atom. The number of nitro groups is 1. The molecule has 1 fully saturated rings. The number of rotatable bonds is 5. The molecule has 1 N–H and O–H groups in total. The number of para-hydroxylation sites is 2. The summed E-state index contributed by atoms with van der Waals surface area (Å²) in [6.07, 6.45) is 3.70. The van der Waals surface area contributed by atoms with E-state index in [0.717, 1.165) is 5.56 Å². The maximum absolute atomic E-state index is 15.2. The van der Waals surface area contributed by atoms with Crippen molar-refractivity contribution >= 4 is 40.6 Å². The Labute approximate surface area is 239 Å². The van der Waals surface area contributed by atoms with Crippen LogP contribution in [0.5, 0.6) is 0 Å². The highest BCUT2D eigenvalue weighted by Crippen LogP contribution is 2.58. The van der Waals surface area contributed by atoms with Crippen LogP contribution < -0.4 is 10.2 Å². The van der Waals surface area contributed by atoms with Crippen LogP contribution in [0, 0.1) is 21.8 Å². The highest BCUT2D eigenvalue weighted by atomic mass is 19.1. The zero-order valence-corrected chi connectivity index (χ0v) is 21.9. The van der Waals surface area contributed by atoms with E-state index in [2.05, 4.69) is 5.32 Å². The molecule has 0 bridgehead atoms. The fourth-order valence-corrected chi connectivity index (χ4v) is 6.87. The number of amides is 1. The minimum absolute atomic E-state index is 0.131. The quantitative estimate of drug-likeness (QED) is 0.194. The average molecular weight is 560 g/mol. The summed E-state index contributed by atoms with van der Waals surface area (Å²) < 4.78 is 15.2. The number of Topliss-reactive ketones (excluding diaryl/α,β-unsaturated/α-hetero) is 2. The number of carbonyl (C=O) groups excluding carboxylic acids is 3. The van der Waals surface area contributed by atoms with Gasteiger partial charge in [-0.15, -0.1) is 0 Å². The van der Waals surface area contributed by atoms with Crippen molar-refractivity contribution in [1.82, 2.24) is 0 Å². The smallest absolute Gasteiger partial charge is 0.269 e. The number of benzene rings is 4. The van der Waals surface area contributed by atoms with Gasteiger partial charge in [0.1, 0.15) is 17.3 Å². The molecule has 206 valence electrons. The predicted octanol–water partition coefficient (Wildman–Crippen LogP) is 5.59. The van der Waals surface area contributed by atoms with Crippen LogP contribution in [0.25, 0.3) is 6.08 Å². The van der Waals surface area contributed by atoms with E-state index in [4.69, 9.17) is 0 Å². The number of halogens is 1. The second-order valence-corrected chi connectivity index (χ2v) is 10.6. The summed E-state index contributed by atoms with van der Waals surface area (Å²) in [4.78, 5) is 56.0. The molecule has 8 nitrogen and oxygen atoms in total. The number of anilines is 2. The van der Waals surface area contributed by atoms with Gasteiger partial charge in [0.05, 0.1) is 22.4 Å². The minimum Gasteiger partial charge on any atom is -0.352 e. The van der Waals surface area contributed by atoms with Crippen molar-refractivity contribution in [3.05, 3.63) is 141 Å². The van der Waals surface area contributed by atoms with Gasteiger partial charge in [-0.25, -0.2) is 4.39 Å². The highest BCUT2D eigenvalue weighted by molar-refractivity contribution is 6.18. The molecular formula is C33H22FN3O5. The van der Waals surface area contributed by atoms with Gasteiger partial charge >= 0.3 is 0 Å². The molecule has 1 amide bonds. The second kappa shape index (κ2) is 9.31. The highest BCUT2D eigenvalue weighted by Gasteiger charge is 2.70. The number of nitro benzene ring substituents is 1. The SMILES string of the molecule is O=C(c1ccc([N+](=O)[O-])cc1)[C@@H]1[C@H](C(=O)c2ccccc2F)[C@@]2(C(=O)Nc3ccccc32)[C@@H]2C=Cc3ccccc3N12. The van der Waals surface area contributed by atoms with Crippen LogP contribution in [0.15, 0.2) is 103 Å². The average Bonchev–Trinajstić information content (AvgIpc) is 3.49. The molecule has 3 aliphatic heterocycles. The molecular weight excluding hydrogens is 537 g/mol. The molecule has 9 heteroatoms. The van der Waals surface area contributed by atoms with E-state index in [-0.39, 0.29) is 16.8 Å². The van der Waals surface area contributed by atoms with E-state index in [9.17, 15) is 24.5 Å². The summed E-state index contributed by atoms with van der Waals surface area (Å²) >= 11 is 0. The minimum atomic E-state index is -1.58. The fraction of sp³-hybridized carbons (Fsp3) is 0.121. The summed E-state index contributed by atoms with van der Waals surface area (Å²) in [5, 5.41) is 14.2. The number of nitrogens with one attached hydrogen (secondary N) is 1. The molecule has 7 rings (SSSR count). The van der Waals surface area contributed by atoms with Crippen LogP contribution in [0.2, 0.25) is 0 Å². The standard InChI is InChI=1S/C33H22FN3O5/c34-24-10-4-2-8-22(24)31(39)28-29(30(38)20-13-16-21(17-14-20)37(41)42)36-26-12-6-1-7-19(26)15-18-27(36)33(28)23-9-3-5-11-25(23)35-32(33)40/h1-18,27-29H,(H,35,40)/t27-,28+,29-,33-/m0/s1. The lowest BCUT2D eigenvalue weighted by atomic mass is 9.64. The molecule has 0 aliphatic carbocycles. The fourth-order valence-electron chi connectivity index (χ4n) is 6.87. The maximum Gasteiger partial charge on any atom is 0.269 e. The first-order valence-corrected chi connectivity index (χ1v) is 13.4. The van der Waals surface area contributed by atoms with Gasteiger partial charge in [-0.05, 0) is 47.5 Å². The van der Waals surface area contributed by atoms with Crippen LogP contribution in [0.4, 0.5) is 21.5 Å². The Balaban J connectivity index is 1.52. The number of hydrogen-bond acceptors (Lipinski definition) is 6. The van der Waals surface area contributed by atoms with Gasteiger partial charge in [-0.2, -0.15) is 0 Å². The van der Waals surface area contributed by atoms with Gasteiger partial charge in [0.25, 0.3) is 5.69 Å². The van der Waals surface area contributed by atoms with Gasteiger partial charge in [-0.3, -0.25) is 24.5 Å². The van der Waals surface area contributed by atoms with Crippen LogP contribution in [0.1, 0.15) is 31.8 Å². The van der Waals surface area contributed by atoms with E-state index in [1.807, 2.05) is 36.4 Å². The Morgan fingerprint density at radius 1 is 0.881 bits per heavy atom. The molecule has 0 radical (unpaired) electrons.